The third-order valence-corrected chi connectivity index (χ3v) is 8.67. The molecule has 0 spiro atoms. The molecule has 4 rings (SSSR count). The summed E-state index contributed by atoms with van der Waals surface area (Å²) in [5, 5.41) is 9.82. The largest absolute Gasteiger partial charge is 0.493 e. The summed E-state index contributed by atoms with van der Waals surface area (Å²) in [6.45, 7) is 6.23. The van der Waals surface area contributed by atoms with E-state index in [-0.39, 0.29) is 17.0 Å². The quantitative estimate of drug-likeness (QED) is 0.330. The van der Waals surface area contributed by atoms with Crippen LogP contribution in [0.25, 0.3) is 6.08 Å². The molecule has 0 atom stereocenters. The molecule has 2 aromatic rings. The molecule has 2 aliphatic rings. The lowest BCUT2D eigenvalue weighted by atomic mass is 10.0. The summed E-state index contributed by atoms with van der Waals surface area (Å²) in [4.78, 5) is 31.2. The number of hydrogen-bond donors (Lipinski definition) is 0. The van der Waals surface area contributed by atoms with Gasteiger partial charge in [-0.2, -0.15) is 5.26 Å². The van der Waals surface area contributed by atoms with E-state index in [2.05, 4.69) is 11.0 Å². The maximum atomic E-state index is 13.6. The van der Waals surface area contributed by atoms with Crippen molar-refractivity contribution in [2.24, 2.45) is 0 Å². The van der Waals surface area contributed by atoms with Crippen molar-refractivity contribution in [2.75, 3.05) is 38.8 Å². The van der Waals surface area contributed by atoms with E-state index in [4.69, 9.17) is 21.7 Å². The molecule has 0 N–H and O–H groups in total. The normalized spacial score (nSPS) is 16.9. The van der Waals surface area contributed by atoms with Crippen LogP contribution in [0.1, 0.15) is 54.9 Å². The van der Waals surface area contributed by atoms with Crippen LogP contribution >= 0.6 is 24.0 Å². The Balaban J connectivity index is 1.69. The van der Waals surface area contributed by atoms with Crippen LogP contribution in [-0.2, 0) is 17.8 Å². The highest BCUT2D eigenvalue weighted by Gasteiger charge is 2.33. The fourth-order valence-corrected chi connectivity index (χ4v) is 6.45. The van der Waals surface area contributed by atoms with Gasteiger partial charge in [0.25, 0.3) is 11.5 Å². The summed E-state index contributed by atoms with van der Waals surface area (Å²) < 4.78 is 12.9. The second-order valence-corrected chi connectivity index (χ2v) is 11.2. The lowest BCUT2D eigenvalue weighted by molar-refractivity contribution is -0.122. The second kappa shape index (κ2) is 12.7. The Hall–Kier alpha value is -3.29. The van der Waals surface area contributed by atoms with Crippen molar-refractivity contribution in [3.05, 3.63) is 55.7 Å². The van der Waals surface area contributed by atoms with Crippen LogP contribution in [0.3, 0.4) is 0 Å². The van der Waals surface area contributed by atoms with Gasteiger partial charge in [-0.25, -0.2) is 0 Å². The highest BCUT2D eigenvalue weighted by Crippen LogP contribution is 2.37. The van der Waals surface area contributed by atoms with Gasteiger partial charge in [0.15, 0.2) is 11.5 Å². The SMILES string of the molecule is CCn1c(N2CCCCCC2)c(/C=C2\SC(=S)N(CCc3ccc(OC)c(OC)c3)C2=O)c(C)c(C#N)c1=O. The average Bonchev–Trinajstić information content (AvgIpc) is 3.10. The second-order valence-electron chi connectivity index (χ2n) is 9.57. The maximum Gasteiger partial charge on any atom is 0.270 e. The standard InChI is InChI=1S/C29H34N4O4S2/c1-5-32-26(31-13-8-6-7-9-14-31)21(19(2)22(18-30)27(32)34)17-25-28(35)33(29(38)39-25)15-12-20-10-11-23(36-3)24(16-20)37-4/h10-11,16-17H,5-9,12-15H2,1-4H3/b25-17-. The topological polar surface area (TPSA) is 87.8 Å². The minimum absolute atomic E-state index is 0.116. The number of benzene rings is 1. The summed E-state index contributed by atoms with van der Waals surface area (Å²) in [7, 11) is 3.19. The number of amides is 1. The van der Waals surface area contributed by atoms with Crippen LogP contribution in [0.15, 0.2) is 27.9 Å². The minimum atomic E-state index is -0.281. The Morgan fingerprint density at radius 3 is 2.41 bits per heavy atom. The lowest BCUT2D eigenvalue weighted by Crippen LogP contribution is -2.35. The number of anilines is 1. The number of hydrogen-bond acceptors (Lipinski definition) is 8. The van der Waals surface area contributed by atoms with Crippen molar-refractivity contribution < 1.29 is 14.3 Å². The van der Waals surface area contributed by atoms with Crippen molar-refractivity contribution in [3.8, 4) is 17.6 Å². The van der Waals surface area contributed by atoms with Crippen LogP contribution < -0.4 is 19.9 Å². The number of methoxy groups -OCH3 is 2. The molecule has 1 amide bonds. The fraction of sp³-hybridized carbons (Fsp3) is 0.448. The number of nitriles is 1. The predicted octanol–water partition coefficient (Wildman–Crippen LogP) is 4.89. The van der Waals surface area contributed by atoms with Crippen molar-refractivity contribution in [2.45, 2.75) is 52.5 Å². The molecule has 1 aromatic carbocycles. The Morgan fingerprint density at radius 1 is 1.10 bits per heavy atom. The summed E-state index contributed by atoms with van der Waals surface area (Å²) in [6, 6.07) is 7.80. The molecule has 0 saturated carbocycles. The van der Waals surface area contributed by atoms with Gasteiger partial charge in [-0.1, -0.05) is 42.9 Å². The molecule has 206 valence electrons. The first kappa shape index (κ1) is 28.7. The van der Waals surface area contributed by atoms with Gasteiger partial charge in [0, 0.05) is 31.7 Å². The monoisotopic (exact) mass is 566 g/mol. The maximum absolute atomic E-state index is 13.6. The van der Waals surface area contributed by atoms with Crippen molar-refractivity contribution in [1.29, 1.82) is 5.26 Å². The molecule has 10 heteroatoms. The molecule has 1 aromatic heterocycles. The first-order valence-electron chi connectivity index (χ1n) is 13.2. The third-order valence-electron chi connectivity index (χ3n) is 7.29. The van der Waals surface area contributed by atoms with Gasteiger partial charge in [-0.3, -0.25) is 19.1 Å². The molecule has 0 unspecified atom stereocenters. The molecule has 0 bridgehead atoms. The smallest absolute Gasteiger partial charge is 0.270 e. The minimum Gasteiger partial charge on any atom is -0.493 e. The zero-order valence-corrected chi connectivity index (χ0v) is 24.5. The molecule has 39 heavy (non-hydrogen) atoms. The molecule has 0 radical (unpaired) electrons. The summed E-state index contributed by atoms with van der Waals surface area (Å²) >= 11 is 6.87. The number of ether oxygens (including phenoxy) is 2. The number of rotatable bonds is 8. The number of carbonyl (C=O) groups is 1. The van der Waals surface area contributed by atoms with E-state index in [9.17, 15) is 14.9 Å². The Kier molecular flexibility index (Phi) is 9.36. The fourth-order valence-electron chi connectivity index (χ4n) is 5.16. The van der Waals surface area contributed by atoms with Gasteiger partial charge >= 0.3 is 0 Å². The van der Waals surface area contributed by atoms with Gasteiger partial charge < -0.3 is 14.4 Å². The van der Waals surface area contributed by atoms with Crippen LogP contribution in [0.5, 0.6) is 11.5 Å². The van der Waals surface area contributed by atoms with Gasteiger partial charge in [-0.05, 0) is 62.4 Å². The van der Waals surface area contributed by atoms with Gasteiger partial charge in [0.1, 0.15) is 21.8 Å². The lowest BCUT2D eigenvalue weighted by Gasteiger charge is -2.29. The van der Waals surface area contributed by atoms with Crippen molar-refractivity contribution >= 4 is 46.1 Å². The first-order chi connectivity index (χ1) is 18.8. The Bertz CT molecular complexity index is 1400. The summed E-state index contributed by atoms with van der Waals surface area (Å²) in [6.07, 6.45) is 6.80. The van der Waals surface area contributed by atoms with E-state index in [1.165, 1.54) is 11.8 Å². The number of carbonyl (C=O) groups excluding carboxylic acids is 1. The zero-order valence-electron chi connectivity index (χ0n) is 22.9. The Labute approximate surface area is 239 Å². The zero-order chi connectivity index (χ0) is 28.1. The first-order valence-corrected chi connectivity index (χ1v) is 14.5. The van der Waals surface area contributed by atoms with E-state index in [0.717, 1.165) is 55.7 Å². The van der Waals surface area contributed by atoms with Crippen LogP contribution in [0.2, 0.25) is 0 Å². The Morgan fingerprint density at radius 2 is 1.79 bits per heavy atom. The highest BCUT2D eigenvalue weighted by atomic mass is 32.2. The summed E-state index contributed by atoms with van der Waals surface area (Å²) in [5.74, 6) is 1.91. The molecule has 3 heterocycles. The third kappa shape index (κ3) is 5.85. The van der Waals surface area contributed by atoms with E-state index >= 15 is 0 Å². The number of nitrogens with zero attached hydrogens (tertiary/aromatic N) is 4. The van der Waals surface area contributed by atoms with Gasteiger partial charge in [0.2, 0.25) is 0 Å². The van der Waals surface area contributed by atoms with Crippen LogP contribution in [-0.4, -0.2) is 53.5 Å². The number of aromatic nitrogens is 1. The van der Waals surface area contributed by atoms with Gasteiger partial charge in [-0.15, -0.1) is 0 Å². The molecule has 8 nitrogen and oxygen atoms in total. The molecular weight excluding hydrogens is 532 g/mol. The average molecular weight is 567 g/mol. The highest BCUT2D eigenvalue weighted by molar-refractivity contribution is 8.26. The van der Waals surface area contributed by atoms with E-state index in [0.29, 0.717) is 45.8 Å². The van der Waals surface area contributed by atoms with E-state index in [1.54, 1.807) is 30.6 Å². The number of thioether (sulfide) groups is 1. The van der Waals surface area contributed by atoms with Crippen molar-refractivity contribution in [3.63, 3.8) is 0 Å². The van der Waals surface area contributed by atoms with Gasteiger partial charge in [0.05, 0.1) is 19.1 Å². The van der Waals surface area contributed by atoms with E-state index < -0.39 is 0 Å². The molecule has 2 aliphatic heterocycles. The predicted molar refractivity (Wildman–Crippen MR) is 160 cm³/mol. The van der Waals surface area contributed by atoms with Crippen molar-refractivity contribution in [1.82, 2.24) is 9.47 Å². The molecule has 0 aliphatic carbocycles. The van der Waals surface area contributed by atoms with Crippen LogP contribution in [0, 0.1) is 18.3 Å². The number of pyridine rings is 1. The molecule has 2 saturated heterocycles. The number of thiocarbonyl (C=S) groups is 1. The summed E-state index contributed by atoms with van der Waals surface area (Å²) in [5.41, 5.74) is 2.18. The molecule has 2 fully saturated rings. The van der Waals surface area contributed by atoms with E-state index in [1.807, 2.05) is 31.2 Å². The van der Waals surface area contributed by atoms with Crippen LogP contribution in [0.4, 0.5) is 5.82 Å². The molecular formula is C29H34N4O4S2.